The lowest BCUT2D eigenvalue weighted by atomic mass is 10.1. The lowest BCUT2D eigenvalue weighted by molar-refractivity contribution is -0.118. The highest BCUT2D eigenvalue weighted by Gasteiger charge is 2.26. The van der Waals surface area contributed by atoms with Gasteiger partial charge in [0.25, 0.3) is 5.91 Å². The van der Waals surface area contributed by atoms with Gasteiger partial charge in [0.15, 0.2) is 11.8 Å². The standard InChI is InChI=1S/C21H20ClN3O2S/c1-13-9-17(10-14(2)20(13)22)27-11-19(26)24-16-5-3-15(4-6-16)18-12-28-21-23-7-8-25(18)21/h3-6,9-10,12H,7-8,11H2,1-2H3,(H,24,26). The lowest BCUT2D eigenvalue weighted by Crippen LogP contribution is -2.21. The molecule has 28 heavy (non-hydrogen) atoms. The van der Waals surface area contributed by atoms with Crippen LogP contribution in [0.15, 0.2) is 46.8 Å². The van der Waals surface area contributed by atoms with Gasteiger partial charge in [0.1, 0.15) is 5.75 Å². The second kappa shape index (κ2) is 7.89. The highest BCUT2D eigenvalue weighted by atomic mass is 35.5. The van der Waals surface area contributed by atoms with E-state index in [0.29, 0.717) is 5.75 Å². The Morgan fingerprint density at radius 2 is 1.96 bits per heavy atom. The molecule has 0 spiro atoms. The van der Waals surface area contributed by atoms with Crippen LogP contribution in [0.1, 0.15) is 16.7 Å². The van der Waals surface area contributed by atoms with Crippen LogP contribution in [0.2, 0.25) is 5.02 Å². The van der Waals surface area contributed by atoms with Gasteiger partial charge in [-0.3, -0.25) is 9.79 Å². The van der Waals surface area contributed by atoms with E-state index in [-0.39, 0.29) is 12.5 Å². The van der Waals surface area contributed by atoms with Gasteiger partial charge < -0.3 is 15.0 Å². The molecule has 2 aliphatic heterocycles. The highest BCUT2D eigenvalue weighted by molar-refractivity contribution is 8.16. The average Bonchev–Trinajstić information content (AvgIpc) is 3.29. The van der Waals surface area contributed by atoms with Gasteiger partial charge in [0.2, 0.25) is 0 Å². The summed E-state index contributed by atoms with van der Waals surface area (Å²) in [4.78, 5) is 18.9. The van der Waals surface area contributed by atoms with Gasteiger partial charge in [-0.15, -0.1) is 0 Å². The molecule has 0 fully saturated rings. The minimum Gasteiger partial charge on any atom is -0.484 e. The Morgan fingerprint density at radius 1 is 1.25 bits per heavy atom. The number of amides is 1. The first-order chi connectivity index (χ1) is 13.5. The van der Waals surface area contributed by atoms with E-state index in [0.717, 1.165) is 51.4 Å². The summed E-state index contributed by atoms with van der Waals surface area (Å²) < 4.78 is 5.61. The molecule has 0 bridgehead atoms. The molecule has 0 saturated heterocycles. The number of rotatable bonds is 5. The van der Waals surface area contributed by atoms with Crippen molar-refractivity contribution in [3.63, 3.8) is 0 Å². The second-order valence-corrected chi connectivity index (χ2v) is 7.94. The molecule has 2 aromatic carbocycles. The van der Waals surface area contributed by atoms with E-state index in [1.54, 1.807) is 11.8 Å². The number of ether oxygens (including phenoxy) is 1. The van der Waals surface area contributed by atoms with Gasteiger partial charge in [-0.1, -0.05) is 35.5 Å². The summed E-state index contributed by atoms with van der Waals surface area (Å²) in [7, 11) is 0. The fraction of sp³-hybridized carbons (Fsp3) is 0.238. The summed E-state index contributed by atoms with van der Waals surface area (Å²) >= 11 is 7.82. The number of fused-ring (bicyclic) bond motifs is 1. The second-order valence-electron chi connectivity index (χ2n) is 6.72. The first-order valence-corrected chi connectivity index (χ1v) is 10.3. The monoisotopic (exact) mass is 413 g/mol. The van der Waals surface area contributed by atoms with Crippen molar-refractivity contribution >= 4 is 45.8 Å². The van der Waals surface area contributed by atoms with Crippen LogP contribution in [0.5, 0.6) is 5.75 Å². The van der Waals surface area contributed by atoms with Crippen LogP contribution in [-0.2, 0) is 4.79 Å². The highest BCUT2D eigenvalue weighted by Crippen LogP contribution is 2.35. The zero-order valence-electron chi connectivity index (χ0n) is 15.7. The summed E-state index contributed by atoms with van der Waals surface area (Å²) in [5.74, 6) is 0.432. The van der Waals surface area contributed by atoms with Crippen molar-refractivity contribution in [1.82, 2.24) is 4.90 Å². The molecule has 0 atom stereocenters. The molecule has 4 rings (SSSR count). The van der Waals surface area contributed by atoms with Crippen molar-refractivity contribution in [2.24, 2.45) is 4.99 Å². The average molecular weight is 414 g/mol. The topological polar surface area (TPSA) is 53.9 Å². The number of hydrogen-bond donors (Lipinski definition) is 1. The third kappa shape index (κ3) is 3.88. The number of thioether (sulfide) groups is 1. The van der Waals surface area contributed by atoms with E-state index in [2.05, 4.69) is 20.6 Å². The quantitative estimate of drug-likeness (QED) is 0.772. The van der Waals surface area contributed by atoms with Gasteiger partial charge in [0, 0.05) is 22.7 Å². The number of hydrogen-bond acceptors (Lipinski definition) is 5. The Bertz CT molecular complexity index is 963. The van der Waals surface area contributed by atoms with Gasteiger partial charge in [-0.2, -0.15) is 0 Å². The molecule has 1 N–H and O–H groups in total. The number of nitrogens with one attached hydrogen (secondary N) is 1. The summed E-state index contributed by atoms with van der Waals surface area (Å²) in [6.45, 7) is 5.55. The number of anilines is 1. The van der Waals surface area contributed by atoms with Crippen LogP contribution in [-0.4, -0.2) is 35.7 Å². The third-order valence-electron chi connectivity index (χ3n) is 4.61. The maximum Gasteiger partial charge on any atom is 0.262 e. The molecule has 2 aromatic rings. The first kappa shape index (κ1) is 18.9. The number of nitrogens with zero attached hydrogens (tertiary/aromatic N) is 2. The van der Waals surface area contributed by atoms with Gasteiger partial charge >= 0.3 is 0 Å². The number of aryl methyl sites for hydroxylation is 2. The summed E-state index contributed by atoms with van der Waals surface area (Å²) in [5, 5.41) is 6.77. The van der Waals surface area contributed by atoms with Gasteiger partial charge in [-0.25, -0.2) is 0 Å². The van der Waals surface area contributed by atoms with Crippen molar-refractivity contribution in [3.05, 3.63) is 63.5 Å². The van der Waals surface area contributed by atoms with E-state index in [9.17, 15) is 4.79 Å². The van der Waals surface area contributed by atoms with Crippen LogP contribution in [0.25, 0.3) is 5.70 Å². The normalized spacial score (nSPS) is 15.2. The molecule has 2 aliphatic rings. The molecule has 0 unspecified atom stereocenters. The third-order valence-corrected chi connectivity index (χ3v) is 6.11. The maximum atomic E-state index is 12.2. The Morgan fingerprint density at radius 3 is 2.68 bits per heavy atom. The number of benzene rings is 2. The molecule has 144 valence electrons. The smallest absolute Gasteiger partial charge is 0.262 e. The van der Waals surface area contributed by atoms with Crippen LogP contribution in [0.4, 0.5) is 5.69 Å². The number of carbonyl (C=O) groups excluding carboxylic acids is 1. The number of aliphatic imine (C=N–C) groups is 1. The predicted octanol–water partition coefficient (Wildman–Crippen LogP) is 4.69. The van der Waals surface area contributed by atoms with Crippen LogP contribution in [0.3, 0.4) is 0 Å². The SMILES string of the molecule is Cc1cc(OCC(=O)Nc2ccc(C3=CSC4=NCCN34)cc2)cc(C)c1Cl. The van der Waals surface area contributed by atoms with Crippen LogP contribution >= 0.6 is 23.4 Å². The minimum absolute atomic E-state index is 0.0579. The Balaban J connectivity index is 1.34. The van der Waals surface area contributed by atoms with Gasteiger partial charge in [0.05, 0.1) is 12.2 Å². The molecule has 0 aliphatic carbocycles. The Hall–Kier alpha value is -2.44. The number of carbonyl (C=O) groups is 1. The van der Waals surface area contributed by atoms with E-state index in [4.69, 9.17) is 16.3 Å². The number of halogens is 1. The Kier molecular flexibility index (Phi) is 5.33. The van der Waals surface area contributed by atoms with Crippen LogP contribution < -0.4 is 10.1 Å². The molecule has 7 heteroatoms. The number of amidine groups is 1. The van der Waals surface area contributed by atoms with Crippen molar-refractivity contribution < 1.29 is 9.53 Å². The van der Waals surface area contributed by atoms with E-state index >= 15 is 0 Å². The minimum atomic E-state index is -0.206. The maximum absolute atomic E-state index is 12.2. The molecule has 0 aromatic heterocycles. The Labute approximate surface area is 173 Å². The van der Waals surface area contributed by atoms with Crippen molar-refractivity contribution in [2.75, 3.05) is 25.0 Å². The fourth-order valence-electron chi connectivity index (χ4n) is 3.21. The molecule has 0 saturated carbocycles. The fourth-order valence-corrected chi connectivity index (χ4v) is 4.28. The summed E-state index contributed by atoms with van der Waals surface area (Å²) in [6.07, 6.45) is 0. The van der Waals surface area contributed by atoms with E-state index in [1.165, 1.54) is 0 Å². The molecule has 5 nitrogen and oxygen atoms in total. The zero-order valence-corrected chi connectivity index (χ0v) is 17.2. The van der Waals surface area contributed by atoms with Crippen LogP contribution in [0, 0.1) is 13.8 Å². The van der Waals surface area contributed by atoms with Crippen molar-refractivity contribution in [1.29, 1.82) is 0 Å². The van der Waals surface area contributed by atoms with E-state index < -0.39 is 0 Å². The molecular formula is C21H20ClN3O2S. The predicted molar refractivity (Wildman–Crippen MR) is 116 cm³/mol. The molecule has 0 radical (unpaired) electrons. The first-order valence-electron chi connectivity index (χ1n) is 9.00. The molecule has 1 amide bonds. The van der Waals surface area contributed by atoms with Crippen molar-refractivity contribution in [3.8, 4) is 5.75 Å². The molecular weight excluding hydrogens is 394 g/mol. The van der Waals surface area contributed by atoms with E-state index in [1.807, 2.05) is 50.2 Å². The summed E-state index contributed by atoms with van der Waals surface area (Å²) in [6, 6.07) is 11.5. The van der Waals surface area contributed by atoms with Gasteiger partial charge in [-0.05, 0) is 54.8 Å². The largest absolute Gasteiger partial charge is 0.484 e. The molecule has 2 heterocycles. The zero-order chi connectivity index (χ0) is 19.7. The lowest BCUT2D eigenvalue weighted by Gasteiger charge is -2.17. The summed E-state index contributed by atoms with van der Waals surface area (Å²) in [5.41, 5.74) is 4.87. The van der Waals surface area contributed by atoms with Crippen molar-refractivity contribution in [2.45, 2.75) is 13.8 Å².